The highest BCUT2D eigenvalue weighted by atomic mass is 16.6. The van der Waals surface area contributed by atoms with Crippen molar-refractivity contribution in [3.8, 4) is 0 Å². The van der Waals surface area contributed by atoms with Gasteiger partial charge in [0.1, 0.15) is 13.2 Å². The van der Waals surface area contributed by atoms with Crippen LogP contribution in [0.3, 0.4) is 0 Å². The van der Waals surface area contributed by atoms with Gasteiger partial charge in [0, 0.05) is 0 Å². The number of carbonyl (C=O) groups excluding carboxylic acids is 2. The van der Waals surface area contributed by atoms with Crippen LogP contribution < -0.4 is 0 Å². The number of esters is 2. The lowest BCUT2D eigenvalue weighted by molar-refractivity contribution is -0.178. The standard InChI is InChI=1S/C18H28O4/c1-4-12-18(16(19)21-13-5-2,17(20)22-14-6-3)15-10-8-7-9-11-15/h5-6,15H,2-4,7-14H2,1H3. The lowest BCUT2D eigenvalue weighted by Crippen LogP contribution is -2.48. The molecule has 0 unspecified atom stereocenters. The number of carbonyl (C=O) groups is 2. The molecule has 0 atom stereocenters. The summed E-state index contributed by atoms with van der Waals surface area (Å²) in [4.78, 5) is 25.4. The minimum atomic E-state index is -1.18. The van der Waals surface area contributed by atoms with Gasteiger partial charge in [-0.25, -0.2) is 0 Å². The predicted octanol–water partition coefficient (Wildman–Crippen LogP) is 3.81. The summed E-state index contributed by atoms with van der Waals surface area (Å²) in [6.07, 6.45) is 9.20. The van der Waals surface area contributed by atoms with Crippen molar-refractivity contribution < 1.29 is 19.1 Å². The Morgan fingerprint density at radius 2 is 1.55 bits per heavy atom. The highest BCUT2D eigenvalue weighted by molar-refractivity contribution is 6.00. The number of hydrogen-bond donors (Lipinski definition) is 0. The second-order valence-corrected chi connectivity index (χ2v) is 5.83. The molecule has 1 aliphatic carbocycles. The number of hydrogen-bond acceptors (Lipinski definition) is 4. The monoisotopic (exact) mass is 308 g/mol. The smallest absolute Gasteiger partial charge is 0.324 e. The molecule has 0 N–H and O–H groups in total. The third kappa shape index (κ3) is 4.21. The van der Waals surface area contributed by atoms with Crippen LogP contribution in [0.25, 0.3) is 0 Å². The summed E-state index contributed by atoms with van der Waals surface area (Å²) >= 11 is 0. The van der Waals surface area contributed by atoms with Crippen LogP contribution in [0.15, 0.2) is 25.3 Å². The fourth-order valence-electron chi connectivity index (χ4n) is 3.34. The van der Waals surface area contributed by atoms with Crippen LogP contribution in [0.2, 0.25) is 0 Å². The second-order valence-electron chi connectivity index (χ2n) is 5.83. The minimum absolute atomic E-state index is 0.00386. The molecule has 0 spiro atoms. The Labute approximate surface area is 133 Å². The fraction of sp³-hybridized carbons (Fsp3) is 0.667. The van der Waals surface area contributed by atoms with Gasteiger partial charge in [-0.3, -0.25) is 9.59 Å². The maximum atomic E-state index is 12.7. The van der Waals surface area contributed by atoms with E-state index in [9.17, 15) is 9.59 Å². The van der Waals surface area contributed by atoms with E-state index in [1.54, 1.807) is 0 Å². The molecule has 0 aromatic rings. The molecular formula is C18H28O4. The normalized spacial score (nSPS) is 15.9. The van der Waals surface area contributed by atoms with Gasteiger partial charge in [0.05, 0.1) is 0 Å². The van der Waals surface area contributed by atoms with Crippen molar-refractivity contribution in [3.63, 3.8) is 0 Å². The van der Waals surface area contributed by atoms with Crippen molar-refractivity contribution in [1.29, 1.82) is 0 Å². The Morgan fingerprint density at radius 1 is 1.05 bits per heavy atom. The topological polar surface area (TPSA) is 52.6 Å². The van der Waals surface area contributed by atoms with E-state index in [1.165, 1.54) is 12.2 Å². The van der Waals surface area contributed by atoms with Crippen LogP contribution in [0, 0.1) is 11.3 Å². The first-order valence-corrected chi connectivity index (χ1v) is 8.19. The SMILES string of the molecule is C=CCOC(=O)C(CCC)(C(=O)OCC=C)C1CCCCC1. The van der Waals surface area contributed by atoms with Gasteiger partial charge in [-0.15, -0.1) is 0 Å². The summed E-state index contributed by atoms with van der Waals surface area (Å²) in [5, 5.41) is 0. The number of rotatable bonds is 9. The van der Waals surface area contributed by atoms with Crippen molar-refractivity contribution in [2.75, 3.05) is 13.2 Å². The van der Waals surface area contributed by atoms with Gasteiger partial charge in [0.2, 0.25) is 0 Å². The summed E-state index contributed by atoms with van der Waals surface area (Å²) in [5.74, 6) is -0.929. The average molecular weight is 308 g/mol. The van der Waals surface area contributed by atoms with Crippen LogP contribution in [-0.2, 0) is 19.1 Å². The number of ether oxygens (including phenoxy) is 2. The zero-order valence-electron chi connectivity index (χ0n) is 13.6. The molecule has 0 aromatic carbocycles. The molecular weight excluding hydrogens is 280 g/mol. The van der Waals surface area contributed by atoms with Crippen LogP contribution in [0.4, 0.5) is 0 Å². The van der Waals surface area contributed by atoms with Crippen molar-refractivity contribution in [3.05, 3.63) is 25.3 Å². The zero-order chi connectivity index (χ0) is 16.4. The van der Waals surface area contributed by atoms with Crippen molar-refractivity contribution in [1.82, 2.24) is 0 Å². The van der Waals surface area contributed by atoms with Gasteiger partial charge in [0.25, 0.3) is 0 Å². The second kappa shape index (κ2) is 9.44. The molecule has 0 amide bonds. The van der Waals surface area contributed by atoms with Gasteiger partial charge >= 0.3 is 11.9 Å². The van der Waals surface area contributed by atoms with E-state index in [0.717, 1.165) is 38.5 Å². The molecule has 1 saturated carbocycles. The molecule has 1 fully saturated rings. The molecule has 0 saturated heterocycles. The summed E-state index contributed by atoms with van der Waals surface area (Å²) in [5.41, 5.74) is -1.18. The van der Waals surface area contributed by atoms with E-state index in [0.29, 0.717) is 6.42 Å². The Hall–Kier alpha value is -1.58. The quantitative estimate of drug-likeness (QED) is 0.369. The Bertz CT molecular complexity index is 370. The van der Waals surface area contributed by atoms with Gasteiger partial charge in [-0.05, 0) is 25.2 Å². The molecule has 1 rings (SSSR count). The first kappa shape index (κ1) is 18.5. The third-order valence-corrected chi connectivity index (χ3v) is 4.34. The van der Waals surface area contributed by atoms with E-state index in [-0.39, 0.29) is 19.1 Å². The molecule has 0 radical (unpaired) electrons. The Kier molecular flexibility index (Phi) is 7.92. The van der Waals surface area contributed by atoms with Crippen LogP contribution in [-0.4, -0.2) is 25.2 Å². The molecule has 22 heavy (non-hydrogen) atoms. The lowest BCUT2D eigenvalue weighted by atomic mass is 9.66. The molecule has 0 aliphatic heterocycles. The van der Waals surface area contributed by atoms with E-state index in [1.807, 2.05) is 6.92 Å². The van der Waals surface area contributed by atoms with Crippen molar-refractivity contribution in [2.45, 2.75) is 51.9 Å². The Morgan fingerprint density at radius 3 is 1.95 bits per heavy atom. The third-order valence-electron chi connectivity index (χ3n) is 4.34. The molecule has 4 nitrogen and oxygen atoms in total. The van der Waals surface area contributed by atoms with Crippen molar-refractivity contribution in [2.24, 2.45) is 11.3 Å². The van der Waals surface area contributed by atoms with Crippen molar-refractivity contribution >= 4 is 11.9 Å². The van der Waals surface area contributed by atoms with E-state index >= 15 is 0 Å². The first-order chi connectivity index (χ1) is 10.6. The van der Waals surface area contributed by atoms with Gasteiger partial charge in [-0.2, -0.15) is 0 Å². The molecule has 0 aromatic heterocycles. The summed E-state index contributed by atoms with van der Waals surface area (Å²) < 4.78 is 10.6. The summed E-state index contributed by atoms with van der Waals surface area (Å²) in [6, 6.07) is 0. The lowest BCUT2D eigenvalue weighted by Gasteiger charge is -2.38. The fourth-order valence-corrected chi connectivity index (χ4v) is 3.34. The molecule has 4 heteroatoms. The van der Waals surface area contributed by atoms with Gasteiger partial charge in [0.15, 0.2) is 5.41 Å². The molecule has 124 valence electrons. The summed E-state index contributed by atoms with van der Waals surface area (Å²) in [7, 11) is 0. The zero-order valence-corrected chi connectivity index (χ0v) is 13.6. The molecule has 0 bridgehead atoms. The Balaban J connectivity index is 3.10. The van der Waals surface area contributed by atoms with E-state index < -0.39 is 17.4 Å². The first-order valence-electron chi connectivity index (χ1n) is 8.19. The van der Waals surface area contributed by atoms with Crippen LogP contribution in [0.1, 0.15) is 51.9 Å². The van der Waals surface area contributed by atoms with Crippen LogP contribution >= 0.6 is 0 Å². The largest absolute Gasteiger partial charge is 0.461 e. The molecule has 0 heterocycles. The maximum absolute atomic E-state index is 12.7. The van der Waals surface area contributed by atoms with Gasteiger partial charge < -0.3 is 9.47 Å². The maximum Gasteiger partial charge on any atom is 0.324 e. The molecule has 1 aliphatic rings. The van der Waals surface area contributed by atoms with Crippen LogP contribution in [0.5, 0.6) is 0 Å². The highest BCUT2D eigenvalue weighted by Crippen LogP contribution is 2.44. The van der Waals surface area contributed by atoms with Gasteiger partial charge in [-0.1, -0.05) is 57.9 Å². The minimum Gasteiger partial charge on any atom is -0.461 e. The average Bonchev–Trinajstić information content (AvgIpc) is 2.56. The van der Waals surface area contributed by atoms with E-state index in [4.69, 9.17) is 9.47 Å². The summed E-state index contributed by atoms with van der Waals surface area (Å²) in [6.45, 7) is 9.33. The predicted molar refractivity (Wildman–Crippen MR) is 86.2 cm³/mol. The highest BCUT2D eigenvalue weighted by Gasteiger charge is 2.53. The van der Waals surface area contributed by atoms with E-state index in [2.05, 4.69) is 13.2 Å².